The van der Waals surface area contributed by atoms with Crippen molar-refractivity contribution in [2.75, 3.05) is 21.3 Å². The standard InChI is InChI=1S/C18H20O7/c1-10-9-13(20)15(18(21)25-10)12(19)7-5-11-6-8-14(22-2)17(24-4)16(11)23-3/h5-8,10,19H,9H2,1-4H3/b7-5+,15-12+. The quantitative estimate of drug-likeness (QED) is 0.378. The molecule has 1 aliphatic heterocycles. The van der Waals surface area contributed by atoms with Crippen LogP contribution in [0.4, 0.5) is 0 Å². The number of esters is 1. The lowest BCUT2D eigenvalue weighted by molar-refractivity contribution is -0.150. The van der Waals surface area contributed by atoms with E-state index in [1.807, 2.05) is 0 Å². The van der Waals surface area contributed by atoms with Gasteiger partial charge in [-0.25, -0.2) is 4.79 Å². The zero-order valence-corrected chi connectivity index (χ0v) is 14.5. The molecule has 1 aromatic carbocycles. The molecule has 1 saturated heterocycles. The Hall–Kier alpha value is -2.96. The number of Topliss-reactive ketones (excluding diaryl/α,β-unsaturated/α-hetero) is 1. The van der Waals surface area contributed by atoms with Crippen LogP contribution < -0.4 is 14.2 Å². The van der Waals surface area contributed by atoms with Gasteiger partial charge in [-0.1, -0.05) is 0 Å². The summed E-state index contributed by atoms with van der Waals surface area (Å²) in [5.41, 5.74) is 0.214. The van der Waals surface area contributed by atoms with E-state index >= 15 is 0 Å². The minimum atomic E-state index is -0.829. The average molecular weight is 348 g/mol. The van der Waals surface area contributed by atoms with E-state index in [1.54, 1.807) is 19.1 Å². The summed E-state index contributed by atoms with van der Waals surface area (Å²) in [6.07, 6.45) is 2.29. The van der Waals surface area contributed by atoms with Crippen molar-refractivity contribution in [3.63, 3.8) is 0 Å². The second-order valence-electron chi connectivity index (χ2n) is 5.36. The molecule has 134 valence electrons. The van der Waals surface area contributed by atoms with E-state index in [0.717, 1.165) is 0 Å². The van der Waals surface area contributed by atoms with Gasteiger partial charge < -0.3 is 24.1 Å². The molecule has 0 radical (unpaired) electrons. The molecule has 25 heavy (non-hydrogen) atoms. The first kappa shape index (κ1) is 18.4. The van der Waals surface area contributed by atoms with Gasteiger partial charge in [0, 0.05) is 12.0 Å². The second-order valence-corrected chi connectivity index (χ2v) is 5.36. The highest BCUT2D eigenvalue weighted by Crippen LogP contribution is 2.40. The molecule has 1 aromatic rings. The van der Waals surface area contributed by atoms with Gasteiger partial charge in [0.1, 0.15) is 17.4 Å². The third-order valence-corrected chi connectivity index (χ3v) is 3.68. The number of carbonyl (C=O) groups excluding carboxylic acids is 2. The number of cyclic esters (lactones) is 1. The summed E-state index contributed by atoms with van der Waals surface area (Å²) < 4.78 is 20.8. The zero-order valence-electron chi connectivity index (χ0n) is 14.5. The summed E-state index contributed by atoms with van der Waals surface area (Å²) in [6.45, 7) is 1.62. The Balaban J connectivity index is 2.40. The summed E-state index contributed by atoms with van der Waals surface area (Å²) in [5, 5.41) is 10.1. The van der Waals surface area contributed by atoms with Crippen LogP contribution in [0.25, 0.3) is 6.08 Å². The molecule has 2 rings (SSSR count). The van der Waals surface area contributed by atoms with Crippen LogP contribution in [0.15, 0.2) is 29.5 Å². The smallest absolute Gasteiger partial charge is 0.345 e. The Morgan fingerprint density at radius 3 is 2.40 bits per heavy atom. The lowest BCUT2D eigenvalue weighted by Gasteiger charge is -2.19. The van der Waals surface area contributed by atoms with Crippen LogP contribution >= 0.6 is 0 Å². The molecule has 1 N–H and O–H groups in total. The maximum atomic E-state index is 12.0. The van der Waals surface area contributed by atoms with Crippen LogP contribution in [-0.2, 0) is 14.3 Å². The van der Waals surface area contributed by atoms with Crippen LogP contribution in [0.5, 0.6) is 17.2 Å². The number of benzene rings is 1. The van der Waals surface area contributed by atoms with Crippen molar-refractivity contribution < 1.29 is 33.6 Å². The van der Waals surface area contributed by atoms with Crippen molar-refractivity contribution in [2.24, 2.45) is 0 Å². The molecular formula is C18H20O7. The van der Waals surface area contributed by atoms with E-state index in [0.29, 0.717) is 22.8 Å². The lowest BCUT2D eigenvalue weighted by Crippen LogP contribution is -2.31. The van der Waals surface area contributed by atoms with E-state index < -0.39 is 23.6 Å². The Labute approximate surface area is 145 Å². The first-order valence-electron chi connectivity index (χ1n) is 7.57. The number of methoxy groups -OCH3 is 3. The van der Waals surface area contributed by atoms with Crippen LogP contribution in [0.1, 0.15) is 18.9 Å². The zero-order chi connectivity index (χ0) is 18.6. The van der Waals surface area contributed by atoms with Gasteiger partial charge in [-0.2, -0.15) is 0 Å². The molecule has 1 atom stereocenters. The predicted molar refractivity (Wildman–Crippen MR) is 90.0 cm³/mol. The normalized spacial score (nSPS) is 19.6. The molecule has 0 bridgehead atoms. The van der Waals surface area contributed by atoms with Crippen LogP contribution in [-0.4, -0.2) is 44.3 Å². The van der Waals surface area contributed by atoms with Crippen molar-refractivity contribution in [3.05, 3.63) is 35.1 Å². The third-order valence-electron chi connectivity index (χ3n) is 3.68. The van der Waals surface area contributed by atoms with Gasteiger partial charge in [-0.15, -0.1) is 0 Å². The molecule has 0 spiro atoms. The average Bonchev–Trinajstić information content (AvgIpc) is 2.57. The van der Waals surface area contributed by atoms with Gasteiger partial charge >= 0.3 is 5.97 Å². The number of ketones is 1. The largest absolute Gasteiger partial charge is 0.507 e. The van der Waals surface area contributed by atoms with Gasteiger partial charge in [0.2, 0.25) is 5.75 Å². The van der Waals surface area contributed by atoms with Gasteiger partial charge in [-0.05, 0) is 31.2 Å². The minimum Gasteiger partial charge on any atom is -0.507 e. The van der Waals surface area contributed by atoms with Crippen molar-refractivity contribution in [2.45, 2.75) is 19.4 Å². The Kier molecular flexibility index (Phi) is 5.69. The van der Waals surface area contributed by atoms with E-state index in [4.69, 9.17) is 18.9 Å². The SMILES string of the molecule is COc1ccc(/C=C/C(O)=C2/C(=O)CC(C)OC2=O)c(OC)c1OC. The highest BCUT2D eigenvalue weighted by atomic mass is 16.5. The maximum Gasteiger partial charge on any atom is 0.345 e. The van der Waals surface area contributed by atoms with Crippen molar-refractivity contribution in [1.29, 1.82) is 0 Å². The number of ether oxygens (including phenoxy) is 4. The van der Waals surface area contributed by atoms with Crippen molar-refractivity contribution in [3.8, 4) is 17.2 Å². The maximum absolute atomic E-state index is 12.0. The van der Waals surface area contributed by atoms with E-state index in [2.05, 4.69) is 0 Å². The molecule has 7 nitrogen and oxygen atoms in total. The number of allylic oxidation sites excluding steroid dienone is 1. The molecule has 1 heterocycles. The lowest BCUT2D eigenvalue weighted by atomic mass is 10.0. The van der Waals surface area contributed by atoms with Crippen LogP contribution in [0.2, 0.25) is 0 Å². The van der Waals surface area contributed by atoms with Crippen LogP contribution in [0.3, 0.4) is 0 Å². The van der Waals surface area contributed by atoms with E-state index in [1.165, 1.54) is 33.5 Å². The summed E-state index contributed by atoms with van der Waals surface area (Å²) in [4.78, 5) is 23.8. The first-order chi connectivity index (χ1) is 11.9. The van der Waals surface area contributed by atoms with Gasteiger partial charge in [0.05, 0.1) is 21.3 Å². The summed E-state index contributed by atoms with van der Waals surface area (Å²) in [5.74, 6) is -0.475. The molecule has 0 saturated carbocycles. The topological polar surface area (TPSA) is 91.3 Å². The number of rotatable bonds is 5. The third kappa shape index (κ3) is 3.76. The second kappa shape index (κ2) is 7.74. The van der Waals surface area contributed by atoms with E-state index in [-0.39, 0.29) is 12.0 Å². The highest BCUT2D eigenvalue weighted by molar-refractivity contribution is 6.19. The molecule has 0 aromatic heterocycles. The summed E-state index contributed by atoms with van der Waals surface area (Å²) >= 11 is 0. The molecular weight excluding hydrogens is 328 g/mol. The minimum absolute atomic E-state index is 0.0403. The monoisotopic (exact) mass is 348 g/mol. The van der Waals surface area contributed by atoms with Crippen molar-refractivity contribution in [1.82, 2.24) is 0 Å². The number of hydrogen-bond donors (Lipinski definition) is 1. The predicted octanol–water partition coefficient (Wildman–Crippen LogP) is 2.44. The fraction of sp³-hybridized carbons (Fsp3) is 0.333. The van der Waals surface area contributed by atoms with Crippen molar-refractivity contribution >= 4 is 17.8 Å². The fourth-order valence-corrected chi connectivity index (χ4v) is 2.52. The molecule has 1 aliphatic rings. The van der Waals surface area contributed by atoms with Gasteiger partial charge in [0.15, 0.2) is 17.3 Å². The Bertz CT molecular complexity index is 726. The fourth-order valence-electron chi connectivity index (χ4n) is 2.52. The molecule has 0 aliphatic carbocycles. The number of aliphatic hydroxyl groups excluding tert-OH is 1. The molecule has 0 amide bonds. The molecule has 1 unspecified atom stereocenters. The number of carbonyl (C=O) groups is 2. The summed E-state index contributed by atoms with van der Waals surface area (Å²) in [7, 11) is 4.45. The number of aliphatic hydroxyl groups is 1. The highest BCUT2D eigenvalue weighted by Gasteiger charge is 2.32. The Morgan fingerprint density at radius 1 is 1.16 bits per heavy atom. The first-order valence-corrected chi connectivity index (χ1v) is 7.57. The Morgan fingerprint density at radius 2 is 1.84 bits per heavy atom. The number of hydrogen-bond acceptors (Lipinski definition) is 7. The molecule has 1 fully saturated rings. The molecule has 7 heteroatoms. The van der Waals surface area contributed by atoms with Gasteiger partial charge in [-0.3, -0.25) is 4.79 Å². The van der Waals surface area contributed by atoms with Gasteiger partial charge in [0.25, 0.3) is 0 Å². The summed E-state index contributed by atoms with van der Waals surface area (Å²) in [6, 6.07) is 3.37. The van der Waals surface area contributed by atoms with E-state index in [9.17, 15) is 14.7 Å². The van der Waals surface area contributed by atoms with Crippen LogP contribution in [0, 0.1) is 0 Å².